The van der Waals surface area contributed by atoms with E-state index in [0.717, 1.165) is 29.9 Å². The zero-order valence-corrected chi connectivity index (χ0v) is 12.6. The molecule has 3 heteroatoms. The first-order valence-corrected chi connectivity index (χ1v) is 7.34. The van der Waals surface area contributed by atoms with Crippen LogP contribution in [0.3, 0.4) is 0 Å². The van der Waals surface area contributed by atoms with E-state index in [9.17, 15) is 0 Å². The maximum Gasteiger partial charge on any atom is 0.145 e. The zero-order valence-electron chi connectivity index (χ0n) is 12.6. The highest BCUT2D eigenvalue weighted by atomic mass is 16.5. The molecule has 0 fully saturated rings. The van der Waals surface area contributed by atoms with Gasteiger partial charge in [0, 0.05) is 0 Å². The lowest BCUT2D eigenvalue weighted by atomic mass is 9.98. The second kappa shape index (κ2) is 5.78. The van der Waals surface area contributed by atoms with Crippen molar-refractivity contribution in [2.45, 2.75) is 26.4 Å². The highest BCUT2D eigenvalue weighted by Gasteiger charge is 2.21. The molecule has 0 saturated heterocycles. The summed E-state index contributed by atoms with van der Waals surface area (Å²) in [6.07, 6.45) is 0.952. The average Bonchev–Trinajstić information content (AvgIpc) is 2.46. The fourth-order valence-corrected chi connectivity index (χ4v) is 2.96. The summed E-state index contributed by atoms with van der Waals surface area (Å²) in [7, 11) is 0. The third-order valence-corrected chi connectivity index (χ3v) is 3.92. The number of fused-ring (bicyclic) bond motifs is 1. The van der Waals surface area contributed by atoms with E-state index in [1.807, 2.05) is 26.0 Å². The van der Waals surface area contributed by atoms with Crippen molar-refractivity contribution in [3.63, 3.8) is 0 Å². The molecule has 1 aliphatic rings. The van der Waals surface area contributed by atoms with Crippen molar-refractivity contribution in [3.05, 3.63) is 58.7 Å². The van der Waals surface area contributed by atoms with E-state index in [2.05, 4.69) is 24.3 Å². The van der Waals surface area contributed by atoms with Crippen molar-refractivity contribution in [2.75, 3.05) is 18.9 Å². The normalized spacial score (nSPS) is 17.3. The van der Waals surface area contributed by atoms with Crippen LogP contribution in [-0.2, 0) is 11.2 Å². The van der Waals surface area contributed by atoms with Gasteiger partial charge >= 0.3 is 0 Å². The highest BCUT2D eigenvalue weighted by Crippen LogP contribution is 2.31. The summed E-state index contributed by atoms with van der Waals surface area (Å²) < 4.78 is 11.8. The van der Waals surface area contributed by atoms with E-state index < -0.39 is 0 Å². The van der Waals surface area contributed by atoms with Gasteiger partial charge in [-0.05, 0) is 48.6 Å². The molecule has 21 heavy (non-hydrogen) atoms. The predicted octanol–water partition coefficient (Wildman–Crippen LogP) is 3.58. The van der Waals surface area contributed by atoms with Crippen LogP contribution in [0.2, 0.25) is 0 Å². The third-order valence-electron chi connectivity index (χ3n) is 3.92. The number of aryl methyl sites for hydroxylation is 2. The van der Waals surface area contributed by atoms with Gasteiger partial charge in [0.2, 0.25) is 0 Å². The SMILES string of the molecule is Cc1cc(C)c(OCC2OCCc3ccccc32)c(N)c1. The lowest BCUT2D eigenvalue weighted by Gasteiger charge is -2.26. The molecular weight excluding hydrogens is 262 g/mol. The van der Waals surface area contributed by atoms with Crippen LogP contribution < -0.4 is 10.5 Å². The van der Waals surface area contributed by atoms with E-state index in [0.29, 0.717) is 12.3 Å². The smallest absolute Gasteiger partial charge is 0.145 e. The maximum atomic E-state index is 6.07. The summed E-state index contributed by atoms with van der Waals surface area (Å²) in [6, 6.07) is 12.4. The molecule has 0 amide bonds. The van der Waals surface area contributed by atoms with Crippen LogP contribution in [-0.4, -0.2) is 13.2 Å². The first-order valence-electron chi connectivity index (χ1n) is 7.34. The fourth-order valence-electron chi connectivity index (χ4n) is 2.96. The van der Waals surface area contributed by atoms with E-state index in [4.69, 9.17) is 15.2 Å². The first-order chi connectivity index (χ1) is 10.1. The number of benzene rings is 2. The number of nitrogens with two attached hydrogens (primary N) is 1. The van der Waals surface area contributed by atoms with Crippen LogP contribution in [0.15, 0.2) is 36.4 Å². The molecule has 1 unspecified atom stereocenters. The van der Waals surface area contributed by atoms with Crippen LogP contribution in [0, 0.1) is 13.8 Å². The van der Waals surface area contributed by atoms with Crippen LogP contribution in [0.4, 0.5) is 5.69 Å². The number of hydrogen-bond acceptors (Lipinski definition) is 3. The molecule has 0 bridgehead atoms. The number of rotatable bonds is 3. The third kappa shape index (κ3) is 2.88. The van der Waals surface area contributed by atoms with E-state index >= 15 is 0 Å². The second-order valence-corrected chi connectivity index (χ2v) is 5.62. The molecule has 2 aromatic carbocycles. The van der Waals surface area contributed by atoms with E-state index in [1.165, 1.54) is 11.1 Å². The Hall–Kier alpha value is -2.00. The quantitative estimate of drug-likeness (QED) is 0.876. The Morgan fingerprint density at radius 1 is 1.24 bits per heavy atom. The fraction of sp³-hybridized carbons (Fsp3) is 0.333. The Bertz CT molecular complexity index is 628. The summed E-state index contributed by atoms with van der Waals surface area (Å²) in [4.78, 5) is 0. The summed E-state index contributed by atoms with van der Waals surface area (Å²) in [5.74, 6) is 0.771. The zero-order chi connectivity index (χ0) is 14.8. The van der Waals surface area contributed by atoms with Crippen molar-refractivity contribution in [2.24, 2.45) is 0 Å². The predicted molar refractivity (Wildman–Crippen MR) is 84.7 cm³/mol. The molecule has 2 N–H and O–H groups in total. The molecule has 1 atom stereocenters. The molecule has 3 nitrogen and oxygen atoms in total. The minimum atomic E-state index is -0.0185. The van der Waals surface area contributed by atoms with Gasteiger partial charge in [0.1, 0.15) is 18.5 Å². The molecule has 2 aromatic rings. The van der Waals surface area contributed by atoms with Crippen molar-refractivity contribution >= 4 is 5.69 Å². The Labute approximate surface area is 125 Å². The summed E-state index contributed by atoms with van der Waals surface area (Å²) >= 11 is 0. The van der Waals surface area contributed by atoms with Gasteiger partial charge in [-0.25, -0.2) is 0 Å². The van der Waals surface area contributed by atoms with Gasteiger partial charge in [-0.2, -0.15) is 0 Å². The molecule has 0 aromatic heterocycles. The summed E-state index contributed by atoms with van der Waals surface area (Å²) in [6.45, 7) is 5.29. The molecule has 0 radical (unpaired) electrons. The first kappa shape index (κ1) is 14.0. The number of anilines is 1. The van der Waals surface area contributed by atoms with E-state index in [-0.39, 0.29) is 6.10 Å². The van der Waals surface area contributed by atoms with Gasteiger partial charge in [-0.3, -0.25) is 0 Å². The molecule has 1 aliphatic heterocycles. The lowest BCUT2D eigenvalue weighted by Crippen LogP contribution is -2.22. The van der Waals surface area contributed by atoms with Gasteiger partial charge in [-0.15, -0.1) is 0 Å². The van der Waals surface area contributed by atoms with Crippen LogP contribution in [0.1, 0.15) is 28.4 Å². The van der Waals surface area contributed by atoms with Gasteiger partial charge in [0.25, 0.3) is 0 Å². The number of nitrogen functional groups attached to an aromatic ring is 1. The van der Waals surface area contributed by atoms with Crippen LogP contribution >= 0.6 is 0 Å². The highest BCUT2D eigenvalue weighted by molar-refractivity contribution is 5.58. The van der Waals surface area contributed by atoms with Gasteiger partial charge in [0.05, 0.1) is 12.3 Å². The molecule has 0 spiro atoms. The second-order valence-electron chi connectivity index (χ2n) is 5.62. The molecule has 1 heterocycles. The molecular formula is C18H21NO2. The summed E-state index contributed by atoms with van der Waals surface area (Å²) in [5, 5.41) is 0. The Morgan fingerprint density at radius 3 is 2.86 bits per heavy atom. The maximum absolute atomic E-state index is 6.07. The number of hydrogen-bond donors (Lipinski definition) is 1. The van der Waals surface area contributed by atoms with Gasteiger partial charge in [0.15, 0.2) is 0 Å². The number of ether oxygens (including phenoxy) is 2. The minimum absolute atomic E-state index is 0.0185. The molecule has 0 aliphatic carbocycles. The van der Waals surface area contributed by atoms with Crippen molar-refractivity contribution < 1.29 is 9.47 Å². The Balaban J connectivity index is 1.78. The summed E-state index contributed by atoms with van der Waals surface area (Å²) in [5.41, 5.74) is 11.6. The van der Waals surface area contributed by atoms with Crippen LogP contribution in [0.5, 0.6) is 5.75 Å². The monoisotopic (exact) mass is 283 g/mol. The van der Waals surface area contributed by atoms with Gasteiger partial charge < -0.3 is 15.2 Å². The lowest BCUT2D eigenvalue weighted by molar-refractivity contribution is 0.0102. The Morgan fingerprint density at radius 2 is 2.05 bits per heavy atom. The largest absolute Gasteiger partial charge is 0.488 e. The molecule has 0 saturated carbocycles. The molecule has 110 valence electrons. The van der Waals surface area contributed by atoms with Gasteiger partial charge in [-0.1, -0.05) is 30.3 Å². The minimum Gasteiger partial charge on any atom is -0.488 e. The average molecular weight is 283 g/mol. The van der Waals surface area contributed by atoms with Crippen molar-refractivity contribution in [1.29, 1.82) is 0 Å². The van der Waals surface area contributed by atoms with E-state index in [1.54, 1.807) is 0 Å². The topological polar surface area (TPSA) is 44.5 Å². The molecule has 3 rings (SSSR count). The standard InChI is InChI=1S/C18H21NO2/c1-12-9-13(2)18(16(19)10-12)21-11-17-15-6-4-3-5-14(15)7-8-20-17/h3-6,9-10,17H,7-8,11,19H2,1-2H3. The Kier molecular flexibility index (Phi) is 3.84. The van der Waals surface area contributed by atoms with Crippen LogP contribution in [0.25, 0.3) is 0 Å². The van der Waals surface area contributed by atoms with Crippen molar-refractivity contribution in [1.82, 2.24) is 0 Å². The van der Waals surface area contributed by atoms with Crippen molar-refractivity contribution in [3.8, 4) is 5.75 Å².